The Morgan fingerprint density at radius 3 is 2.56 bits per heavy atom. The summed E-state index contributed by atoms with van der Waals surface area (Å²) < 4.78 is 4.97. The predicted octanol–water partition coefficient (Wildman–Crippen LogP) is 1.95. The zero-order valence-corrected chi connectivity index (χ0v) is 10.4. The molecular weight excluding hydrogens is 226 g/mol. The molecule has 0 saturated carbocycles. The minimum atomic E-state index is -0.487. The van der Waals surface area contributed by atoms with E-state index >= 15 is 0 Å². The summed E-state index contributed by atoms with van der Waals surface area (Å²) in [4.78, 5) is 2.03. The third kappa shape index (κ3) is 4.49. The van der Waals surface area contributed by atoms with Gasteiger partial charge >= 0.3 is 0 Å². The van der Waals surface area contributed by atoms with Crippen LogP contribution in [0, 0.1) is 0 Å². The maximum atomic E-state index is 9.96. The quantitative estimate of drug-likeness (QED) is 0.829. The van der Waals surface area contributed by atoms with Gasteiger partial charge in [0.1, 0.15) is 0 Å². The molecule has 0 radical (unpaired) electrons. The van der Waals surface area contributed by atoms with Gasteiger partial charge in [-0.1, -0.05) is 23.7 Å². The number of rotatable bonds is 6. The molecule has 16 heavy (non-hydrogen) atoms. The first kappa shape index (κ1) is 13.5. The van der Waals surface area contributed by atoms with Crippen molar-refractivity contribution in [2.75, 3.05) is 33.9 Å². The fourth-order valence-corrected chi connectivity index (χ4v) is 1.55. The van der Waals surface area contributed by atoms with E-state index in [0.717, 1.165) is 12.1 Å². The molecule has 1 rings (SSSR count). The van der Waals surface area contributed by atoms with E-state index < -0.39 is 6.10 Å². The van der Waals surface area contributed by atoms with Crippen LogP contribution in [0.25, 0.3) is 0 Å². The Labute approximate surface area is 102 Å². The Kier molecular flexibility index (Phi) is 5.77. The van der Waals surface area contributed by atoms with Crippen LogP contribution in [0.4, 0.5) is 0 Å². The minimum absolute atomic E-state index is 0.487. The molecule has 0 amide bonds. The molecule has 0 saturated heterocycles. The van der Waals surface area contributed by atoms with Gasteiger partial charge in [0.05, 0.1) is 12.7 Å². The van der Waals surface area contributed by atoms with Gasteiger partial charge in [-0.05, 0) is 24.7 Å². The average molecular weight is 244 g/mol. The number of ether oxygens (including phenoxy) is 1. The molecule has 1 N–H and O–H groups in total. The average Bonchev–Trinajstić information content (AvgIpc) is 2.27. The molecule has 0 bridgehead atoms. The van der Waals surface area contributed by atoms with Crippen LogP contribution < -0.4 is 0 Å². The third-order valence-corrected chi connectivity index (χ3v) is 2.67. The second-order valence-electron chi connectivity index (χ2n) is 3.82. The van der Waals surface area contributed by atoms with Crippen LogP contribution in [0.2, 0.25) is 5.02 Å². The van der Waals surface area contributed by atoms with Crippen molar-refractivity contribution >= 4 is 11.6 Å². The van der Waals surface area contributed by atoms with Gasteiger partial charge < -0.3 is 14.7 Å². The van der Waals surface area contributed by atoms with Crippen LogP contribution in [0.1, 0.15) is 11.7 Å². The lowest BCUT2D eigenvalue weighted by molar-refractivity contribution is 0.103. The lowest BCUT2D eigenvalue weighted by Gasteiger charge is -2.20. The molecule has 0 aliphatic carbocycles. The smallest absolute Gasteiger partial charge is 0.0916 e. The second-order valence-corrected chi connectivity index (χ2v) is 4.26. The van der Waals surface area contributed by atoms with Crippen molar-refractivity contribution in [1.82, 2.24) is 4.90 Å². The number of hydrogen-bond donors (Lipinski definition) is 1. The normalized spacial score (nSPS) is 13.1. The molecule has 0 aromatic heterocycles. The van der Waals surface area contributed by atoms with Gasteiger partial charge in [0.25, 0.3) is 0 Å². The summed E-state index contributed by atoms with van der Waals surface area (Å²) in [7, 11) is 3.63. The van der Waals surface area contributed by atoms with Crippen molar-refractivity contribution in [3.05, 3.63) is 34.9 Å². The number of halogens is 1. The van der Waals surface area contributed by atoms with Crippen molar-refractivity contribution in [2.45, 2.75) is 6.10 Å². The molecule has 1 atom stereocenters. The molecule has 0 heterocycles. The summed E-state index contributed by atoms with van der Waals surface area (Å²) in [5, 5.41) is 10.6. The number of methoxy groups -OCH3 is 1. The summed E-state index contributed by atoms with van der Waals surface area (Å²) >= 11 is 5.78. The summed E-state index contributed by atoms with van der Waals surface area (Å²) in [6.07, 6.45) is -0.487. The van der Waals surface area contributed by atoms with E-state index in [1.54, 1.807) is 19.2 Å². The Morgan fingerprint density at radius 2 is 2.00 bits per heavy atom. The van der Waals surface area contributed by atoms with Crippen LogP contribution >= 0.6 is 11.6 Å². The highest BCUT2D eigenvalue weighted by Gasteiger charge is 2.10. The summed E-state index contributed by atoms with van der Waals surface area (Å²) in [5.74, 6) is 0. The van der Waals surface area contributed by atoms with E-state index in [0.29, 0.717) is 18.2 Å². The largest absolute Gasteiger partial charge is 0.387 e. The van der Waals surface area contributed by atoms with Crippen molar-refractivity contribution < 1.29 is 9.84 Å². The lowest BCUT2D eigenvalue weighted by atomic mass is 10.1. The van der Waals surface area contributed by atoms with Crippen LogP contribution in [0.15, 0.2) is 24.3 Å². The predicted molar refractivity (Wildman–Crippen MR) is 65.8 cm³/mol. The van der Waals surface area contributed by atoms with Crippen LogP contribution in [-0.2, 0) is 4.74 Å². The van der Waals surface area contributed by atoms with E-state index in [1.807, 2.05) is 24.1 Å². The van der Waals surface area contributed by atoms with E-state index in [1.165, 1.54) is 0 Å². The van der Waals surface area contributed by atoms with E-state index in [9.17, 15) is 5.11 Å². The zero-order chi connectivity index (χ0) is 12.0. The molecule has 0 fully saturated rings. The van der Waals surface area contributed by atoms with Crippen molar-refractivity contribution in [3.8, 4) is 0 Å². The van der Waals surface area contributed by atoms with Crippen molar-refractivity contribution in [2.24, 2.45) is 0 Å². The number of nitrogens with zero attached hydrogens (tertiary/aromatic N) is 1. The molecular formula is C12H18ClNO2. The molecule has 1 aromatic carbocycles. The number of aliphatic hydroxyl groups excluding tert-OH is 1. The van der Waals surface area contributed by atoms with Crippen molar-refractivity contribution in [3.63, 3.8) is 0 Å². The van der Waals surface area contributed by atoms with Gasteiger partial charge in [0.2, 0.25) is 0 Å². The van der Waals surface area contributed by atoms with E-state index in [2.05, 4.69) is 0 Å². The topological polar surface area (TPSA) is 32.7 Å². The number of benzene rings is 1. The summed E-state index contributed by atoms with van der Waals surface area (Å²) in [6, 6.07) is 7.26. The molecule has 1 unspecified atom stereocenters. The SMILES string of the molecule is COCCN(C)CC(O)c1ccc(Cl)cc1. The number of likely N-dealkylation sites (N-methyl/N-ethyl adjacent to an activating group) is 1. The molecule has 0 aliphatic heterocycles. The Bertz CT molecular complexity index is 302. The molecule has 4 heteroatoms. The first-order chi connectivity index (χ1) is 7.63. The highest BCUT2D eigenvalue weighted by atomic mass is 35.5. The highest BCUT2D eigenvalue weighted by molar-refractivity contribution is 6.30. The molecule has 0 aliphatic rings. The highest BCUT2D eigenvalue weighted by Crippen LogP contribution is 2.16. The standard InChI is InChI=1S/C12H18ClNO2/c1-14(7-8-16-2)9-12(15)10-3-5-11(13)6-4-10/h3-6,12,15H,7-9H2,1-2H3. The Hall–Kier alpha value is -0.610. The molecule has 90 valence electrons. The van der Waals surface area contributed by atoms with Gasteiger partial charge in [0.15, 0.2) is 0 Å². The maximum absolute atomic E-state index is 9.96. The summed E-state index contributed by atoms with van der Waals surface area (Å²) in [5.41, 5.74) is 0.883. The maximum Gasteiger partial charge on any atom is 0.0916 e. The first-order valence-electron chi connectivity index (χ1n) is 5.24. The van der Waals surface area contributed by atoms with Crippen LogP contribution in [0.5, 0.6) is 0 Å². The van der Waals surface area contributed by atoms with Gasteiger partial charge in [-0.3, -0.25) is 0 Å². The third-order valence-electron chi connectivity index (χ3n) is 2.42. The van der Waals surface area contributed by atoms with Crippen LogP contribution in [-0.4, -0.2) is 43.9 Å². The fourth-order valence-electron chi connectivity index (χ4n) is 1.42. The molecule has 3 nitrogen and oxygen atoms in total. The minimum Gasteiger partial charge on any atom is -0.387 e. The second kappa shape index (κ2) is 6.86. The first-order valence-corrected chi connectivity index (χ1v) is 5.62. The van der Waals surface area contributed by atoms with Gasteiger partial charge in [-0.15, -0.1) is 0 Å². The number of hydrogen-bond acceptors (Lipinski definition) is 3. The van der Waals surface area contributed by atoms with Gasteiger partial charge in [-0.2, -0.15) is 0 Å². The zero-order valence-electron chi connectivity index (χ0n) is 9.69. The van der Waals surface area contributed by atoms with Gasteiger partial charge in [-0.25, -0.2) is 0 Å². The summed E-state index contributed by atoms with van der Waals surface area (Å²) in [6.45, 7) is 2.07. The number of aliphatic hydroxyl groups is 1. The van der Waals surface area contributed by atoms with Gasteiger partial charge in [0, 0.05) is 25.2 Å². The molecule has 0 spiro atoms. The van der Waals surface area contributed by atoms with Crippen LogP contribution in [0.3, 0.4) is 0 Å². The Balaban J connectivity index is 2.45. The molecule has 1 aromatic rings. The monoisotopic (exact) mass is 243 g/mol. The van der Waals surface area contributed by atoms with E-state index in [-0.39, 0.29) is 0 Å². The van der Waals surface area contributed by atoms with Crippen molar-refractivity contribution in [1.29, 1.82) is 0 Å². The van der Waals surface area contributed by atoms with E-state index in [4.69, 9.17) is 16.3 Å². The lowest BCUT2D eigenvalue weighted by Crippen LogP contribution is -2.27. The fraction of sp³-hybridized carbons (Fsp3) is 0.500. The Morgan fingerprint density at radius 1 is 1.38 bits per heavy atom.